The first-order valence-electron chi connectivity index (χ1n) is 4.86. The Hall–Kier alpha value is -2.23. The van der Waals surface area contributed by atoms with Crippen LogP contribution in [0.4, 0.5) is 8.78 Å². The summed E-state index contributed by atoms with van der Waals surface area (Å²) in [5, 5.41) is 8.82. The summed E-state index contributed by atoms with van der Waals surface area (Å²) >= 11 is 0. The van der Waals surface area contributed by atoms with Gasteiger partial charge in [-0.05, 0) is 11.6 Å². The number of aromatic nitrogens is 1. The minimum absolute atomic E-state index is 0.0131. The predicted octanol–water partition coefficient (Wildman–Crippen LogP) is 1.61. The topological polar surface area (TPSA) is 72.2 Å². The monoisotopic (exact) mass is 256 g/mol. The lowest BCUT2D eigenvalue weighted by atomic mass is 10.1. The van der Waals surface area contributed by atoms with Crippen LogP contribution >= 0.6 is 0 Å². The summed E-state index contributed by atoms with van der Waals surface area (Å²) in [7, 11) is 2.37. The molecule has 0 saturated carbocycles. The molecular formula is C11H10F2N2O3. The molecule has 0 fully saturated rings. The molecule has 0 amide bonds. The summed E-state index contributed by atoms with van der Waals surface area (Å²) in [4.78, 5) is 14.6. The third-order valence-corrected chi connectivity index (χ3v) is 2.18. The van der Waals surface area contributed by atoms with Crippen LogP contribution in [0.2, 0.25) is 0 Å². The fourth-order valence-corrected chi connectivity index (χ4v) is 1.35. The highest BCUT2D eigenvalue weighted by Crippen LogP contribution is 2.27. The molecule has 0 aliphatic heterocycles. The Balaban J connectivity index is 3.30. The molecule has 1 heterocycles. The number of methoxy groups -OCH3 is 2. The van der Waals surface area contributed by atoms with Crippen LogP contribution in [0.5, 0.6) is 5.88 Å². The fourth-order valence-electron chi connectivity index (χ4n) is 1.35. The van der Waals surface area contributed by atoms with Gasteiger partial charge in [-0.25, -0.2) is 13.8 Å². The molecule has 18 heavy (non-hydrogen) atoms. The van der Waals surface area contributed by atoms with Crippen LogP contribution in [0.15, 0.2) is 6.07 Å². The van der Waals surface area contributed by atoms with Crippen LogP contribution in [0, 0.1) is 11.3 Å². The summed E-state index contributed by atoms with van der Waals surface area (Å²) in [6.45, 7) is 0. The van der Waals surface area contributed by atoms with E-state index >= 15 is 0 Å². The summed E-state index contributed by atoms with van der Waals surface area (Å²) in [5.41, 5.74) is -0.647. The number of pyridine rings is 1. The smallest absolute Gasteiger partial charge is 0.310 e. The van der Waals surface area contributed by atoms with E-state index in [2.05, 4.69) is 9.72 Å². The Bertz CT molecular complexity index is 498. The number of hydrogen-bond acceptors (Lipinski definition) is 5. The number of halogens is 2. The highest BCUT2D eigenvalue weighted by atomic mass is 19.3. The second-order valence-corrected chi connectivity index (χ2v) is 3.25. The molecule has 1 aromatic rings. The maximum atomic E-state index is 12.8. The predicted molar refractivity (Wildman–Crippen MR) is 56.2 cm³/mol. The Morgan fingerprint density at radius 3 is 2.67 bits per heavy atom. The van der Waals surface area contributed by atoms with Crippen molar-refractivity contribution in [1.82, 2.24) is 4.98 Å². The molecule has 1 rings (SSSR count). The van der Waals surface area contributed by atoms with Gasteiger partial charge in [0.15, 0.2) is 0 Å². The van der Waals surface area contributed by atoms with E-state index in [4.69, 9.17) is 10.00 Å². The van der Waals surface area contributed by atoms with E-state index in [0.29, 0.717) is 0 Å². The van der Waals surface area contributed by atoms with Crippen LogP contribution < -0.4 is 4.74 Å². The Morgan fingerprint density at radius 2 is 2.22 bits per heavy atom. The molecule has 96 valence electrons. The van der Waals surface area contributed by atoms with Gasteiger partial charge in [-0.15, -0.1) is 0 Å². The fraction of sp³-hybridized carbons (Fsp3) is 0.364. The van der Waals surface area contributed by atoms with Crippen LogP contribution in [-0.4, -0.2) is 25.2 Å². The van der Waals surface area contributed by atoms with Crippen LogP contribution in [-0.2, 0) is 16.0 Å². The zero-order valence-corrected chi connectivity index (χ0v) is 9.74. The van der Waals surface area contributed by atoms with Gasteiger partial charge in [0.2, 0.25) is 5.88 Å². The third-order valence-electron chi connectivity index (χ3n) is 2.18. The van der Waals surface area contributed by atoms with Crippen molar-refractivity contribution < 1.29 is 23.0 Å². The first-order chi connectivity index (χ1) is 8.53. The number of carbonyl (C=O) groups excluding carboxylic acids is 1. The third kappa shape index (κ3) is 2.91. The molecule has 7 heteroatoms. The number of hydrogen-bond donors (Lipinski definition) is 0. The van der Waals surface area contributed by atoms with Gasteiger partial charge in [0, 0.05) is 0 Å². The number of rotatable bonds is 4. The van der Waals surface area contributed by atoms with Crippen LogP contribution in [0.1, 0.15) is 23.2 Å². The average Bonchev–Trinajstić information content (AvgIpc) is 2.37. The maximum Gasteiger partial charge on any atom is 0.310 e. The van der Waals surface area contributed by atoms with Crippen LogP contribution in [0.25, 0.3) is 0 Å². The van der Waals surface area contributed by atoms with E-state index in [-0.39, 0.29) is 23.4 Å². The van der Waals surface area contributed by atoms with Crippen molar-refractivity contribution in [3.8, 4) is 11.9 Å². The molecule has 0 N–H and O–H groups in total. The minimum atomic E-state index is -2.87. The maximum absolute atomic E-state index is 12.8. The van der Waals surface area contributed by atoms with Crippen molar-refractivity contribution in [1.29, 1.82) is 5.26 Å². The highest BCUT2D eigenvalue weighted by Gasteiger charge is 2.21. The lowest BCUT2D eigenvalue weighted by molar-refractivity contribution is -0.139. The highest BCUT2D eigenvalue weighted by molar-refractivity contribution is 5.73. The minimum Gasteiger partial charge on any atom is -0.480 e. The van der Waals surface area contributed by atoms with E-state index < -0.39 is 18.1 Å². The standard InChI is InChI=1S/C11H10F2N2O3/c1-17-8(16)4-6-3-7(5-14)11(18-2)15-9(6)10(12)13/h3,10H,4H2,1-2H3. The second kappa shape index (κ2) is 5.91. The molecule has 5 nitrogen and oxygen atoms in total. The van der Waals surface area contributed by atoms with Crippen molar-refractivity contribution in [2.45, 2.75) is 12.8 Å². The zero-order valence-electron chi connectivity index (χ0n) is 9.74. The van der Waals surface area contributed by atoms with Gasteiger partial charge >= 0.3 is 5.97 Å². The number of nitriles is 1. The number of carbonyl (C=O) groups is 1. The first-order valence-corrected chi connectivity index (χ1v) is 4.86. The Morgan fingerprint density at radius 1 is 1.56 bits per heavy atom. The van der Waals surface area contributed by atoms with Gasteiger partial charge in [0.1, 0.15) is 17.3 Å². The summed E-state index contributed by atoms with van der Waals surface area (Å²) in [6.07, 6.45) is -3.24. The van der Waals surface area contributed by atoms with E-state index in [9.17, 15) is 13.6 Å². The summed E-state index contributed by atoms with van der Waals surface area (Å²) in [6, 6.07) is 2.92. The summed E-state index contributed by atoms with van der Waals surface area (Å²) < 4.78 is 34.7. The van der Waals surface area contributed by atoms with Crippen molar-refractivity contribution in [3.63, 3.8) is 0 Å². The van der Waals surface area contributed by atoms with Crippen molar-refractivity contribution in [2.24, 2.45) is 0 Å². The lowest BCUT2D eigenvalue weighted by Crippen LogP contribution is -2.10. The van der Waals surface area contributed by atoms with Crippen molar-refractivity contribution in [3.05, 3.63) is 22.9 Å². The molecule has 0 aliphatic carbocycles. The lowest BCUT2D eigenvalue weighted by Gasteiger charge is -2.10. The number of esters is 1. The van der Waals surface area contributed by atoms with Gasteiger partial charge in [-0.3, -0.25) is 4.79 Å². The van der Waals surface area contributed by atoms with E-state index in [1.54, 1.807) is 6.07 Å². The van der Waals surface area contributed by atoms with Gasteiger partial charge in [-0.2, -0.15) is 5.26 Å². The molecule has 0 aliphatic rings. The normalized spacial score (nSPS) is 10.0. The average molecular weight is 256 g/mol. The van der Waals surface area contributed by atoms with E-state index in [1.807, 2.05) is 0 Å². The molecule has 0 unspecified atom stereocenters. The van der Waals surface area contributed by atoms with Gasteiger partial charge in [0.25, 0.3) is 6.43 Å². The molecule has 0 saturated heterocycles. The SMILES string of the molecule is COC(=O)Cc1cc(C#N)c(OC)nc1C(F)F. The molecule has 0 radical (unpaired) electrons. The van der Waals surface area contributed by atoms with E-state index in [1.165, 1.54) is 7.11 Å². The molecule has 0 bridgehead atoms. The Kier molecular flexibility index (Phi) is 4.54. The van der Waals surface area contributed by atoms with Gasteiger partial charge in [-0.1, -0.05) is 0 Å². The largest absolute Gasteiger partial charge is 0.480 e. The number of nitrogens with zero attached hydrogens (tertiary/aromatic N) is 2. The zero-order chi connectivity index (χ0) is 13.7. The van der Waals surface area contributed by atoms with Crippen molar-refractivity contribution in [2.75, 3.05) is 14.2 Å². The molecule has 0 atom stereocenters. The summed E-state index contributed by atoms with van der Waals surface area (Å²) in [5.74, 6) is -0.880. The number of alkyl halides is 2. The van der Waals surface area contributed by atoms with E-state index in [0.717, 1.165) is 13.2 Å². The molecule has 1 aromatic heterocycles. The second-order valence-electron chi connectivity index (χ2n) is 3.25. The van der Waals surface area contributed by atoms with Crippen molar-refractivity contribution >= 4 is 5.97 Å². The van der Waals surface area contributed by atoms with Crippen LogP contribution in [0.3, 0.4) is 0 Å². The van der Waals surface area contributed by atoms with Gasteiger partial charge in [0.05, 0.1) is 20.6 Å². The van der Waals surface area contributed by atoms with Gasteiger partial charge < -0.3 is 9.47 Å². The molecular weight excluding hydrogens is 246 g/mol. The quantitative estimate of drug-likeness (QED) is 0.765. The first kappa shape index (κ1) is 13.8. The molecule has 0 spiro atoms. The number of ether oxygens (including phenoxy) is 2. The molecule has 0 aromatic carbocycles. The Labute approximate surface area is 102 Å².